The second-order valence-electron chi connectivity index (χ2n) is 5.08. The summed E-state index contributed by atoms with van der Waals surface area (Å²) < 4.78 is 0.296. The minimum atomic E-state index is -0.295. The van der Waals surface area contributed by atoms with Crippen LogP contribution in [-0.2, 0) is 4.79 Å². The minimum Gasteiger partial charge on any atom is -0.340 e. The van der Waals surface area contributed by atoms with E-state index in [1.165, 1.54) is 0 Å². The van der Waals surface area contributed by atoms with Crippen LogP contribution in [-0.4, -0.2) is 40.4 Å². The van der Waals surface area contributed by atoms with E-state index < -0.39 is 0 Å². The fraction of sp³-hybridized carbons (Fsp3) is 0.917. The molecule has 0 radical (unpaired) electrons. The van der Waals surface area contributed by atoms with Gasteiger partial charge in [0.2, 0.25) is 5.91 Å². The van der Waals surface area contributed by atoms with Gasteiger partial charge in [0.05, 0.1) is 6.04 Å². The van der Waals surface area contributed by atoms with Crippen molar-refractivity contribution >= 4 is 17.7 Å². The standard InChI is InChI=1S/C12H24N2OS/c1-4-5-10(13)11(15)14-7-6-12(2,3)16-9-8-14/h10H,4-9,13H2,1-3H3. The first-order valence-corrected chi connectivity index (χ1v) is 7.13. The molecule has 1 fully saturated rings. The van der Waals surface area contributed by atoms with Gasteiger partial charge < -0.3 is 10.6 Å². The van der Waals surface area contributed by atoms with Crippen LogP contribution in [0.3, 0.4) is 0 Å². The van der Waals surface area contributed by atoms with Gasteiger partial charge in [0.15, 0.2) is 0 Å². The van der Waals surface area contributed by atoms with E-state index >= 15 is 0 Å². The summed E-state index contributed by atoms with van der Waals surface area (Å²) in [6.07, 6.45) is 2.83. The van der Waals surface area contributed by atoms with Gasteiger partial charge in [0.25, 0.3) is 0 Å². The predicted octanol–water partition coefficient (Wildman–Crippen LogP) is 1.86. The molecule has 1 unspecified atom stereocenters. The summed E-state index contributed by atoms with van der Waals surface area (Å²) in [4.78, 5) is 14.0. The van der Waals surface area contributed by atoms with Crippen molar-refractivity contribution in [1.29, 1.82) is 0 Å². The predicted molar refractivity (Wildman–Crippen MR) is 70.6 cm³/mol. The van der Waals surface area contributed by atoms with Crippen LogP contribution in [0.4, 0.5) is 0 Å². The molecule has 1 saturated heterocycles. The van der Waals surface area contributed by atoms with Gasteiger partial charge in [-0.25, -0.2) is 0 Å². The summed E-state index contributed by atoms with van der Waals surface area (Å²) in [6, 6.07) is -0.295. The smallest absolute Gasteiger partial charge is 0.239 e. The monoisotopic (exact) mass is 244 g/mol. The summed E-state index contributed by atoms with van der Waals surface area (Å²) in [5, 5.41) is 0. The van der Waals surface area contributed by atoms with Crippen molar-refractivity contribution in [2.45, 2.75) is 50.8 Å². The van der Waals surface area contributed by atoms with Crippen LogP contribution in [0.2, 0.25) is 0 Å². The van der Waals surface area contributed by atoms with E-state index in [2.05, 4.69) is 20.8 Å². The highest BCUT2D eigenvalue weighted by molar-refractivity contribution is 8.00. The Kier molecular flexibility index (Phi) is 5.12. The van der Waals surface area contributed by atoms with Crippen LogP contribution < -0.4 is 5.73 Å². The second-order valence-corrected chi connectivity index (χ2v) is 6.88. The summed E-state index contributed by atoms with van der Waals surface area (Å²) in [5.74, 6) is 1.16. The third kappa shape index (κ3) is 3.98. The number of carbonyl (C=O) groups excluding carboxylic acids is 1. The molecule has 1 aliphatic rings. The van der Waals surface area contributed by atoms with Crippen LogP contribution in [0, 0.1) is 0 Å². The Balaban J connectivity index is 2.51. The quantitative estimate of drug-likeness (QED) is 0.824. The molecule has 16 heavy (non-hydrogen) atoms. The van der Waals surface area contributed by atoms with Crippen molar-refractivity contribution in [3.05, 3.63) is 0 Å². The van der Waals surface area contributed by atoms with E-state index in [4.69, 9.17) is 5.73 Å². The van der Waals surface area contributed by atoms with Crippen molar-refractivity contribution in [1.82, 2.24) is 4.90 Å². The Bertz CT molecular complexity index is 243. The Labute approximate surface area is 103 Å². The lowest BCUT2D eigenvalue weighted by atomic mass is 10.1. The van der Waals surface area contributed by atoms with E-state index in [-0.39, 0.29) is 11.9 Å². The molecule has 2 N–H and O–H groups in total. The fourth-order valence-electron chi connectivity index (χ4n) is 1.91. The molecule has 1 rings (SSSR count). The van der Waals surface area contributed by atoms with Gasteiger partial charge >= 0.3 is 0 Å². The second kappa shape index (κ2) is 5.92. The van der Waals surface area contributed by atoms with Crippen molar-refractivity contribution in [2.24, 2.45) is 5.73 Å². The molecule has 0 saturated carbocycles. The molecule has 0 aromatic heterocycles. The van der Waals surface area contributed by atoms with Crippen LogP contribution in [0.25, 0.3) is 0 Å². The molecule has 0 bridgehead atoms. The molecule has 0 aromatic carbocycles. The van der Waals surface area contributed by atoms with Crippen LogP contribution in [0.15, 0.2) is 0 Å². The highest BCUT2D eigenvalue weighted by Crippen LogP contribution is 2.30. The summed E-state index contributed by atoms with van der Waals surface area (Å²) >= 11 is 1.95. The topological polar surface area (TPSA) is 46.3 Å². The van der Waals surface area contributed by atoms with Gasteiger partial charge in [0, 0.05) is 23.6 Å². The van der Waals surface area contributed by atoms with Crippen LogP contribution in [0.1, 0.15) is 40.0 Å². The molecule has 1 aliphatic heterocycles. The van der Waals surface area contributed by atoms with Crippen molar-refractivity contribution in [2.75, 3.05) is 18.8 Å². The number of hydrogen-bond donors (Lipinski definition) is 1. The van der Waals surface area contributed by atoms with E-state index in [0.29, 0.717) is 4.75 Å². The lowest BCUT2D eigenvalue weighted by molar-refractivity contribution is -0.132. The van der Waals surface area contributed by atoms with E-state index in [9.17, 15) is 4.79 Å². The molecule has 3 nitrogen and oxygen atoms in total. The van der Waals surface area contributed by atoms with Gasteiger partial charge in [-0.05, 0) is 12.8 Å². The first-order chi connectivity index (χ1) is 7.46. The molecule has 1 heterocycles. The van der Waals surface area contributed by atoms with Crippen LogP contribution in [0.5, 0.6) is 0 Å². The van der Waals surface area contributed by atoms with Gasteiger partial charge in [-0.1, -0.05) is 27.2 Å². The maximum atomic E-state index is 12.0. The summed E-state index contributed by atoms with van der Waals surface area (Å²) in [6.45, 7) is 8.27. The zero-order valence-corrected chi connectivity index (χ0v) is 11.5. The Morgan fingerprint density at radius 3 is 2.81 bits per heavy atom. The molecule has 0 spiro atoms. The summed E-state index contributed by atoms with van der Waals surface area (Å²) in [7, 11) is 0. The zero-order chi connectivity index (χ0) is 12.2. The van der Waals surface area contributed by atoms with Gasteiger partial charge in [0.1, 0.15) is 0 Å². The average molecular weight is 244 g/mol. The highest BCUT2D eigenvalue weighted by atomic mass is 32.2. The molecule has 1 amide bonds. The largest absolute Gasteiger partial charge is 0.340 e. The number of nitrogens with zero attached hydrogens (tertiary/aromatic N) is 1. The SMILES string of the molecule is CCCC(N)C(=O)N1CCSC(C)(C)CC1. The number of thioether (sulfide) groups is 1. The number of nitrogens with two attached hydrogens (primary N) is 1. The minimum absolute atomic E-state index is 0.139. The van der Waals surface area contributed by atoms with E-state index in [0.717, 1.165) is 38.1 Å². The first kappa shape index (κ1) is 13.8. The molecule has 0 aromatic rings. The average Bonchev–Trinajstić information content (AvgIpc) is 2.39. The third-order valence-electron chi connectivity index (χ3n) is 3.07. The van der Waals surface area contributed by atoms with E-state index in [1.54, 1.807) is 0 Å². The van der Waals surface area contributed by atoms with Gasteiger partial charge in [-0.15, -0.1) is 0 Å². The van der Waals surface area contributed by atoms with Crippen molar-refractivity contribution < 1.29 is 4.79 Å². The Morgan fingerprint density at radius 2 is 2.19 bits per heavy atom. The maximum absolute atomic E-state index is 12.0. The number of hydrogen-bond acceptors (Lipinski definition) is 3. The number of amides is 1. The fourth-order valence-corrected chi connectivity index (χ4v) is 3.01. The summed E-state index contributed by atoms with van der Waals surface area (Å²) in [5.41, 5.74) is 5.88. The molecule has 1 atom stereocenters. The maximum Gasteiger partial charge on any atom is 0.239 e. The zero-order valence-electron chi connectivity index (χ0n) is 10.7. The van der Waals surface area contributed by atoms with Crippen molar-refractivity contribution in [3.63, 3.8) is 0 Å². The Hall–Kier alpha value is -0.220. The molecular formula is C12H24N2OS. The number of rotatable bonds is 3. The van der Waals surface area contributed by atoms with Crippen LogP contribution >= 0.6 is 11.8 Å². The molecule has 4 heteroatoms. The van der Waals surface area contributed by atoms with Gasteiger partial charge in [-0.3, -0.25) is 4.79 Å². The highest BCUT2D eigenvalue weighted by Gasteiger charge is 2.27. The van der Waals surface area contributed by atoms with E-state index in [1.807, 2.05) is 16.7 Å². The lowest BCUT2D eigenvalue weighted by Gasteiger charge is -2.25. The molecule has 94 valence electrons. The first-order valence-electron chi connectivity index (χ1n) is 6.14. The Morgan fingerprint density at radius 1 is 1.50 bits per heavy atom. The van der Waals surface area contributed by atoms with Crippen molar-refractivity contribution in [3.8, 4) is 0 Å². The number of carbonyl (C=O) groups is 1. The normalized spacial score (nSPS) is 22.6. The molecule has 0 aliphatic carbocycles. The molecular weight excluding hydrogens is 220 g/mol. The van der Waals surface area contributed by atoms with Gasteiger partial charge in [-0.2, -0.15) is 11.8 Å². The lowest BCUT2D eigenvalue weighted by Crippen LogP contribution is -2.44. The third-order valence-corrected chi connectivity index (χ3v) is 4.44.